The standard InChI is InChI=1S/C13H14N4O/c1-9-7-12(17-8-14-16-13(17)15-9)10-3-5-11(18-2)6-4-10/h3-8,12H,1-2H3,(H,15,16). The Labute approximate surface area is 105 Å². The average molecular weight is 242 g/mol. The molecule has 2 heterocycles. The molecule has 0 fully saturated rings. The average Bonchev–Trinajstić information content (AvgIpc) is 2.86. The lowest BCUT2D eigenvalue weighted by Crippen LogP contribution is -2.17. The first-order valence-corrected chi connectivity index (χ1v) is 5.77. The molecule has 1 aliphatic rings. The number of anilines is 1. The van der Waals surface area contributed by atoms with E-state index >= 15 is 0 Å². The molecule has 0 bridgehead atoms. The van der Waals surface area contributed by atoms with Crippen LogP contribution in [0, 0.1) is 0 Å². The van der Waals surface area contributed by atoms with Gasteiger partial charge in [-0.1, -0.05) is 12.1 Å². The minimum Gasteiger partial charge on any atom is -0.497 e. The molecule has 0 spiro atoms. The largest absolute Gasteiger partial charge is 0.497 e. The van der Waals surface area contributed by atoms with Crippen LogP contribution in [0.3, 0.4) is 0 Å². The van der Waals surface area contributed by atoms with Crippen LogP contribution in [-0.2, 0) is 0 Å². The number of nitrogens with one attached hydrogen (secondary N) is 1. The molecule has 1 aromatic heterocycles. The third-order valence-electron chi connectivity index (χ3n) is 3.05. The SMILES string of the molecule is COc1ccc(C2C=C(C)Nc3nncn32)cc1. The Morgan fingerprint density at radius 3 is 2.78 bits per heavy atom. The van der Waals surface area contributed by atoms with Crippen molar-refractivity contribution in [1.82, 2.24) is 14.8 Å². The molecule has 0 saturated heterocycles. The maximum Gasteiger partial charge on any atom is 0.229 e. The number of fused-ring (bicyclic) bond motifs is 1. The summed E-state index contributed by atoms with van der Waals surface area (Å²) in [6.07, 6.45) is 3.89. The highest BCUT2D eigenvalue weighted by molar-refractivity contribution is 5.43. The fourth-order valence-electron chi connectivity index (χ4n) is 2.13. The Balaban J connectivity index is 2.02. The number of ether oxygens (including phenoxy) is 1. The molecule has 2 aromatic rings. The van der Waals surface area contributed by atoms with Gasteiger partial charge in [0.1, 0.15) is 12.1 Å². The first-order chi connectivity index (χ1) is 8.78. The minimum atomic E-state index is 0.127. The fourth-order valence-corrected chi connectivity index (χ4v) is 2.13. The normalized spacial score (nSPS) is 17.7. The lowest BCUT2D eigenvalue weighted by atomic mass is 10.0. The van der Waals surface area contributed by atoms with Gasteiger partial charge in [-0.05, 0) is 30.7 Å². The molecule has 1 N–H and O–H groups in total. The number of allylic oxidation sites excluding steroid dienone is 2. The molecule has 0 saturated carbocycles. The Morgan fingerprint density at radius 1 is 1.28 bits per heavy atom. The van der Waals surface area contributed by atoms with Crippen LogP contribution >= 0.6 is 0 Å². The molecule has 1 aliphatic heterocycles. The van der Waals surface area contributed by atoms with Gasteiger partial charge in [0, 0.05) is 5.70 Å². The summed E-state index contributed by atoms with van der Waals surface area (Å²) in [6.45, 7) is 2.02. The molecule has 92 valence electrons. The van der Waals surface area contributed by atoms with E-state index in [1.165, 1.54) is 5.56 Å². The summed E-state index contributed by atoms with van der Waals surface area (Å²) in [5, 5.41) is 11.2. The van der Waals surface area contributed by atoms with Crippen LogP contribution in [0.2, 0.25) is 0 Å². The highest BCUT2D eigenvalue weighted by Gasteiger charge is 2.20. The number of aromatic nitrogens is 3. The van der Waals surface area contributed by atoms with Crippen LogP contribution in [0.5, 0.6) is 5.75 Å². The zero-order chi connectivity index (χ0) is 12.5. The van der Waals surface area contributed by atoms with E-state index in [0.29, 0.717) is 0 Å². The smallest absolute Gasteiger partial charge is 0.229 e. The van der Waals surface area contributed by atoms with Crippen molar-refractivity contribution in [1.29, 1.82) is 0 Å². The van der Waals surface area contributed by atoms with Crippen molar-refractivity contribution in [2.45, 2.75) is 13.0 Å². The molecule has 0 radical (unpaired) electrons. The first kappa shape index (κ1) is 10.8. The number of nitrogens with zero attached hydrogens (tertiary/aromatic N) is 3. The summed E-state index contributed by atoms with van der Waals surface area (Å²) in [5.41, 5.74) is 2.26. The number of methoxy groups -OCH3 is 1. The molecule has 1 aromatic carbocycles. The molecular formula is C13H14N4O. The van der Waals surface area contributed by atoms with Crippen LogP contribution in [0.4, 0.5) is 5.95 Å². The summed E-state index contributed by atoms with van der Waals surface area (Å²) in [7, 11) is 1.67. The van der Waals surface area contributed by atoms with Crippen molar-refractivity contribution in [3.05, 3.63) is 47.9 Å². The van der Waals surface area contributed by atoms with E-state index in [4.69, 9.17) is 4.74 Å². The summed E-state index contributed by atoms with van der Waals surface area (Å²) < 4.78 is 7.18. The van der Waals surface area contributed by atoms with Crippen LogP contribution in [-0.4, -0.2) is 21.9 Å². The van der Waals surface area contributed by atoms with Gasteiger partial charge in [0.25, 0.3) is 0 Å². The predicted molar refractivity (Wildman–Crippen MR) is 68.5 cm³/mol. The lowest BCUT2D eigenvalue weighted by Gasteiger charge is -2.23. The molecule has 1 unspecified atom stereocenters. The molecule has 3 rings (SSSR count). The van der Waals surface area contributed by atoms with Gasteiger partial charge in [-0.15, -0.1) is 10.2 Å². The molecule has 5 heteroatoms. The number of hydrogen-bond donors (Lipinski definition) is 1. The Bertz CT molecular complexity index is 585. The first-order valence-electron chi connectivity index (χ1n) is 5.77. The second kappa shape index (κ2) is 4.18. The van der Waals surface area contributed by atoms with Crippen LogP contribution < -0.4 is 10.1 Å². The van der Waals surface area contributed by atoms with E-state index < -0.39 is 0 Å². The number of rotatable bonds is 2. The van der Waals surface area contributed by atoms with Crippen molar-refractivity contribution >= 4 is 5.95 Å². The lowest BCUT2D eigenvalue weighted by molar-refractivity contribution is 0.414. The quantitative estimate of drug-likeness (QED) is 0.877. The van der Waals surface area contributed by atoms with E-state index in [9.17, 15) is 0 Å². The van der Waals surface area contributed by atoms with Gasteiger partial charge in [-0.3, -0.25) is 4.57 Å². The molecule has 0 aliphatic carbocycles. The second-order valence-corrected chi connectivity index (χ2v) is 4.25. The maximum absolute atomic E-state index is 5.17. The Kier molecular flexibility index (Phi) is 2.51. The van der Waals surface area contributed by atoms with E-state index in [0.717, 1.165) is 17.4 Å². The van der Waals surface area contributed by atoms with Crippen LogP contribution in [0.25, 0.3) is 0 Å². The molecular weight excluding hydrogens is 228 g/mol. The van der Waals surface area contributed by atoms with E-state index in [1.807, 2.05) is 23.6 Å². The predicted octanol–water partition coefficient (Wildman–Crippen LogP) is 2.21. The molecule has 18 heavy (non-hydrogen) atoms. The molecule has 1 atom stereocenters. The maximum atomic E-state index is 5.17. The van der Waals surface area contributed by atoms with E-state index in [-0.39, 0.29) is 6.04 Å². The summed E-state index contributed by atoms with van der Waals surface area (Å²) in [4.78, 5) is 0. The van der Waals surface area contributed by atoms with Gasteiger partial charge in [0.15, 0.2) is 0 Å². The van der Waals surface area contributed by atoms with Gasteiger partial charge >= 0.3 is 0 Å². The van der Waals surface area contributed by atoms with E-state index in [2.05, 4.69) is 33.7 Å². The van der Waals surface area contributed by atoms with Crippen LogP contribution in [0.15, 0.2) is 42.4 Å². The minimum absolute atomic E-state index is 0.127. The van der Waals surface area contributed by atoms with Crippen molar-refractivity contribution in [3.8, 4) is 5.75 Å². The summed E-state index contributed by atoms with van der Waals surface area (Å²) in [6, 6.07) is 8.17. The van der Waals surface area contributed by atoms with Gasteiger partial charge in [0.05, 0.1) is 13.2 Å². The summed E-state index contributed by atoms with van der Waals surface area (Å²) in [5.74, 6) is 1.63. The fraction of sp³-hybridized carbons (Fsp3) is 0.231. The van der Waals surface area contributed by atoms with Crippen molar-refractivity contribution < 1.29 is 4.74 Å². The van der Waals surface area contributed by atoms with Gasteiger partial charge in [-0.2, -0.15) is 0 Å². The topological polar surface area (TPSA) is 52.0 Å². The number of hydrogen-bond acceptors (Lipinski definition) is 4. The second-order valence-electron chi connectivity index (χ2n) is 4.25. The van der Waals surface area contributed by atoms with Crippen molar-refractivity contribution in [3.63, 3.8) is 0 Å². The van der Waals surface area contributed by atoms with Gasteiger partial charge in [-0.25, -0.2) is 0 Å². The molecule has 0 amide bonds. The third kappa shape index (κ3) is 1.73. The monoisotopic (exact) mass is 242 g/mol. The van der Waals surface area contributed by atoms with Gasteiger partial charge in [0.2, 0.25) is 5.95 Å². The zero-order valence-electron chi connectivity index (χ0n) is 10.3. The zero-order valence-corrected chi connectivity index (χ0v) is 10.3. The van der Waals surface area contributed by atoms with Crippen LogP contribution in [0.1, 0.15) is 18.5 Å². The Morgan fingerprint density at radius 2 is 2.06 bits per heavy atom. The third-order valence-corrected chi connectivity index (χ3v) is 3.05. The number of benzene rings is 1. The Hall–Kier alpha value is -2.30. The van der Waals surface area contributed by atoms with Gasteiger partial charge < -0.3 is 10.1 Å². The van der Waals surface area contributed by atoms with E-state index in [1.54, 1.807) is 13.4 Å². The van der Waals surface area contributed by atoms with Crippen molar-refractivity contribution in [2.75, 3.05) is 12.4 Å². The summed E-state index contributed by atoms with van der Waals surface area (Å²) >= 11 is 0. The van der Waals surface area contributed by atoms with Crippen molar-refractivity contribution in [2.24, 2.45) is 0 Å². The highest BCUT2D eigenvalue weighted by Crippen LogP contribution is 2.29. The molecule has 5 nitrogen and oxygen atoms in total. The highest BCUT2D eigenvalue weighted by atomic mass is 16.5.